The number of hydrogen-bond acceptors (Lipinski definition) is 6. The van der Waals surface area contributed by atoms with Crippen molar-refractivity contribution in [1.29, 1.82) is 0 Å². The van der Waals surface area contributed by atoms with Crippen LogP contribution in [0.5, 0.6) is 0 Å². The van der Waals surface area contributed by atoms with Gasteiger partial charge in [0.25, 0.3) is 0 Å². The van der Waals surface area contributed by atoms with E-state index in [2.05, 4.69) is 0 Å². The Morgan fingerprint density at radius 1 is 0.647 bits per heavy atom. The maximum Gasteiger partial charge on any atom is 0.129 e. The van der Waals surface area contributed by atoms with Crippen molar-refractivity contribution in [1.82, 2.24) is 0 Å². The average molecular weight is 481 g/mol. The maximum atomic E-state index is 6.40. The van der Waals surface area contributed by atoms with Gasteiger partial charge in [0.05, 0.1) is 26.4 Å². The summed E-state index contributed by atoms with van der Waals surface area (Å²) in [5.41, 5.74) is 2.78. The fraction of sp³-hybridized carbons (Fsp3) is 0.357. The lowest BCUT2D eigenvalue weighted by molar-refractivity contribution is -0.246. The van der Waals surface area contributed by atoms with Crippen LogP contribution in [-0.2, 0) is 43.5 Å². The second-order valence-corrected chi connectivity index (χ2v) is 8.80. The van der Waals surface area contributed by atoms with Gasteiger partial charge in [0.1, 0.15) is 29.9 Å². The fourth-order valence-electron chi connectivity index (χ4n) is 4.08. The Bertz CT molecular complexity index is 956. The van der Waals surface area contributed by atoms with Crippen LogP contribution in [0.2, 0.25) is 0 Å². The molecule has 180 valence electrons. The van der Waals surface area contributed by atoms with Crippen molar-refractivity contribution in [3.8, 4) is 0 Å². The maximum absolute atomic E-state index is 6.40. The number of ether oxygens (including phenoxy) is 5. The van der Waals surface area contributed by atoms with E-state index in [1.165, 1.54) is 0 Å². The van der Waals surface area contributed by atoms with E-state index in [4.69, 9.17) is 36.3 Å². The highest BCUT2D eigenvalue weighted by Crippen LogP contribution is 2.31. The van der Waals surface area contributed by atoms with Crippen molar-refractivity contribution >= 4 is 12.6 Å². The molecular weight excluding hydrogens is 448 g/mol. The van der Waals surface area contributed by atoms with Crippen LogP contribution in [0.1, 0.15) is 16.7 Å². The number of methoxy groups -OCH3 is 1. The van der Waals surface area contributed by atoms with Crippen molar-refractivity contribution in [2.24, 2.45) is 0 Å². The first-order chi connectivity index (χ1) is 16.7. The molecule has 34 heavy (non-hydrogen) atoms. The lowest BCUT2D eigenvalue weighted by Crippen LogP contribution is -2.59. The summed E-state index contributed by atoms with van der Waals surface area (Å²) in [7, 11) is 1.67. The zero-order chi connectivity index (χ0) is 23.6. The molecule has 0 radical (unpaired) electrons. The average Bonchev–Trinajstić information content (AvgIpc) is 2.88. The highest BCUT2D eigenvalue weighted by atomic mass is 32.1. The van der Waals surface area contributed by atoms with Crippen LogP contribution in [0.25, 0.3) is 0 Å². The molecule has 0 aliphatic carbocycles. The van der Waals surface area contributed by atoms with Crippen molar-refractivity contribution in [2.75, 3.05) is 13.7 Å². The highest BCUT2D eigenvalue weighted by molar-refractivity contribution is 7.80. The fourth-order valence-corrected chi connectivity index (χ4v) is 4.49. The van der Waals surface area contributed by atoms with Gasteiger partial charge >= 0.3 is 0 Å². The predicted molar refractivity (Wildman–Crippen MR) is 135 cm³/mol. The third-order valence-corrected chi connectivity index (χ3v) is 6.26. The van der Waals surface area contributed by atoms with E-state index in [0.29, 0.717) is 26.4 Å². The van der Waals surface area contributed by atoms with Gasteiger partial charge in [-0.05, 0) is 16.7 Å². The van der Waals surface area contributed by atoms with Crippen LogP contribution in [0, 0.1) is 0 Å². The molecule has 0 saturated carbocycles. The number of benzene rings is 3. The summed E-state index contributed by atoms with van der Waals surface area (Å²) in [6.45, 7) is 1.73. The Kier molecular flexibility index (Phi) is 9.56. The molecule has 1 fully saturated rings. The van der Waals surface area contributed by atoms with Crippen LogP contribution in [0.4, 0.5) is 0 Å². The van der Waals surface area contributed by atoms with Crippen LogP contribution in [-0.4, -0.2) is 43.6 Å². The Labute approximate surface area is 207 Å². The zero-order valence-corrected chi connectivity index (χ0v) is 20.3. The first-order valence-corrected chi connectivity index (χ1v) is 12.1. The Balaban J connectivity index is 1.45. The van der Waals surface area contributed by atoms with E-state index in [1.807, 2.05) is 91.0 Å². The van der Waals surface area contributed by atoms with E-state index < -0.39 is 11.5 Å². The van der Waals surface area contributed by atoms with Crippen LogP contribution in [0.3, 0.4) is 0 Å². The van der Waals surface area contributed by atoms with E-state index in [0.717, 1.165) is 16.7 Å². The number of rotatable bonds is 11. The molecule has 5 atom stereocenters. The molecule has 6 heteroatoms. The van der Waals surface area contributed by atoms with Crippen molar-refractivity contribution in [2.45, 2.75) is 49.7 Å². The third-order valence-electron chi connectivity index (χ3n) is 5.85. The molecule has 0 N–H and O–H groups in total. The molecule has 1 aliphatic heterocycles. The topological polar surface area (TPSA) is 46.2 Å². The van der Waals surface area contributed by atoms with Crippen LogP contribution >= 0.6 is 12.6 Å². The van der Waals surface area contributed by atoms with E-state index in [-0.39, 0.29) is 18.3 Å². The minimum absolute atomic E-state index is 0.339. The molecule has 0 spiro atoms. The lowest BCUT2D eigenvalue weighted by atomic mass is 9.99. The molecule has 0 bridgehead atoms. The number of hydrogen-bond donors (Lipinski definition) is 1. The quantitative estimate of drug-likeness (QED) is 0.390. The first kappa shape index (κ1) is 24.9. The highest BCUT2D eigenvalue weighted by Gasteiger charge is 2.46. The molecule has 0 aromatic heterocycles. The molecule has 5 nitrogen and oxygen atoms in total. The minimum atomic E-state index is -0.485. The van der Waals surface area contributed by atoms with Gasteiger partial charge in [0.2, 0.25) is 0 Å². The Hall–Kier alpha value is -2.19. The van der Waals surface area contributed by atoms with Gasteiger partial charge in [0, 0.05) is 7.11 Å². The van der Waals surface area contributed by atoms with Crippen molar-refractivity contribution in [3.63, 3.8) is 0 Å². The summed E-state index contributed by atoms with van der Waals surface area (Å²) in [6.07, 6.45) is -1.50. The van der Waals surface area contributed by atoms with Crippen molar-refractivity contribution < 1.29 is 23.7 Å². The second kappa shape index (κ2) is 13.0. The smallest absolute Gasteiger partial charge is 0.129 e. The van der Waals surface area contributed by atoms with Gasteiger partial charge in [-0.15, -0.1) is 12.6 Å². The SMILES string of the molecule is CO[C@@H]1[C@H](OCc2ccccc2)[C@@H](OCc2ccccc2)[C@H](S)O[C@@H]1COCc1ccccc1. The molecular formula is C28H32O5S. The second-order valence-electron chi connectivity index (χ2n) is 8.29. The van der Waals surface area contributed by atoms with Crippen LogP contribution in [0.15, 0.2) is 91.0 Å². The molecule has 1 saturated heterocycles. The van der Waals surface area contributed by atoms with E-state index in [9.17, 15) is 0 Å². The van der Waals surface area contributed by atoms with Gasteiger partial charge < -0.3 is 23.7 Å². The van der Waals surface area contributed by atoms with Gasteiger partial charge in [0.15, 0.2) is 0 Å². The van der Waals surface area contributed by atoms with E-state index in [1.54, 1.807) is 7.11 Å². The minimum Gasteiger partial charge on any atom is -0.376 e. The zero-order valence-electron chi connectivity index (χ0n) is 19.4. The normalized spacial score (nSPS) is 24.7. The van der Waals surface area contributed by atoms with Crippen LogP contribution < -0.4 is 0 Å². The van der Waals surface area contributed by atoms with E-state index >= 15 is 0 Å². The summed E-state index contributed by atoms with van der Waals surface area (Å²) in [4.78, 5) is 0. The lowest BCUT2D eigenvalue weighted by Gasteiger charge is -2.44. The molecule has 1 aliphatic rings. The number of thiol groups is 1. The molecule has 0 amide bonds. The van der Waals surface area contributed by atoms with Gasteiger partial charge in [-0.25, -0.2) is 0 Å². The molecule has 4 rings (SSSR count). The van der Waals surface area contributed by atoms with Gasteiger partial charge in [-0.1, -0.05) is 91.0 Å². The molecule has 3 aromatic rings. The van der Waals surface area contributed by atoms with Gasteiger partial charge in [-0.3, -0.25) is 0 Å². The molecule has 0 unspecified atom stereocenters. The monoisotopic (exact) mass is 480 g/mol. The molecule has 1 heterocycles. The summed E-state index contributed by atoms with van der Waals surface area (Å²) < 4.78 is 30.8. The summed E-state index contributed by atoms with van der Waals surface area (Å²) in [5.74, 6) is 0. The summed E-state index contributed by atoms with van der Waals surface area (Å²) in [5, 5.41) is 0. The van der Waals surface area contributed by atoms with Gasteiger partial charge in [-0.2, -0.15) is 0 Å². The Morgan fingerprint density at radius 2 is 1.12 bits per heavy atom. The van der Waals surface area contributed by atoms with Crippen molar-refractivity contribution in [3.05, 3.63) is 108 Å². The Morgan fingerprint density at radius 3 is 1.62 bits per heavy atom. The summed E-state index contributed by atoms with van der Waals surface area (Å²) in [6, 6.07) is 30.2. The third kappa shape index (κ3) is 6.92. The first-order valence-electron chi connectivity index (χ1n) is 11.5. The summed E-state index contributed by atoms with van der Waals surface area (Å²) >= 11 is 4.73. The molecule has 3 aromatic carbocycles. The standard InChI is InChI=1S/C28H32O5S/c1-29-25-24(20-30-17-21-11-5-2-6-12-21)33-28(34)27(32-19-23-15-9-4-10-16-23)26(25)31-18-22-13-7-3-8-14-22/h2-16,24-28,34H,17-20H2,1H3/t24-,25+,26+,27-,28+/m1/s1. The largest absolute Gasteiger partial charge is 0.376 e. The predicted octanol–water partition coefficient (Wildman–Crippen LogP) is 5.04.